The van der Waals surface area contributed by atoms with Gasteiger partial charge in [-0.1, -0.05) is 12.1 Å². The van der Waals surface area contributed by atoms with E-state index in [2.05, 4.69) is 15.4 Å². The molecule has 1 saturated heterocycles. The summed E-state index contributed by atoms with van der Waals surface area (Å²) in [4.78, 5) is 30.8. The Balaban J connectivity index is 1.63. The predicted octanol–water partition coefficient (Wildman–Crippen LogP) is 3.65. The number of carboxylic acid groups (broad SMARTS) is 1. The van der Waals surface area contributed by atoms with Crippen LogP contribution in [0.1, 0.15) is 36.2 Å². The van der Waals surface area contributed by atoms with Crippen LogP contribution in [0.25, 0.3) is 17.1 Å². The molecule has 1 aromatic carbocycles. The lowest BCUT2D eigenvalue weighted by Gasteiger charge is -2.33. The number of alkyl halides is 2. The minimum atomic E-state index is -2.77. The van der Waals surface area contributed by atoms with Crippen molar-refractivity contribution in [3.63, 3.8) is 0 Å². The summed E-state index contributed by atoms with van der Waals surface area (Å²) in [5.41, 5.74) is 1.04. The number of halogens is 2. The van der Waals surface area contributed by atoms with E-state index in [1.54, 1.807) is 53.6 Å². The first kappa shape index (κ1) is 28.0. The standard InChI is InChI=1S/C27H31F2N5O5/c1-38-21-7-5-8-22(39-2)25(21)20-16-19(32-34(20)23-9-3-4-12-30-23)26(37)31-18(15-24(35)36)10-14-33-13-6-11-27(28,29)17-33/h3-5,7-9,12,16,18H,6,10-11,13-15,17H2,1-2H3,(H,31,37)(H,35,36)/t18-/m0/s1. The molecule has 0 unspecified atom stereocenters. The Labute approximate surface area is 224 Å². The molecule has 3 heterocycles. The number of hydrogen-bond donors (Lipinski definition) is 2. The minimum Gasteiger partial charge on any atom is -0.496 e. The zero-order valence-electron chi connectivity index (χ0n) is 21.8. The van der Waals surface area contributed by atoms with Crippen LogP contribution in [0.3, 0.4) is 0 Å². The number of hydrogen-bond acceptors (Lipinski definition) is 7. The van der Waals surface area contributed by atoms with Crippen molar-refractivity contribution in [2.24, 2.45) is 0 Å². The van der Waals surface area contributed by atoms with Crippen molar-refractivity contribution in [1.82, 2.24) is 25.0 Å². The van der Waals surface area contributed by atoms with Gasteiger partial charge in [-0.15, -0.1) is 0 Å². The molecule has 1 fully saturated rings. The Morgan fingerprint density at radius 1 is 1.15 bits per heavy atom. The normalized spacial score (nSPS) is 15.9. The molecule has 208 valence electrons. The number of nitrogens with one attached hydrogen (secondary N) is 1. The third-order valence-corrected chi connectivity index (χ3v) is 6.51. The lowest BCUT2D eigenvalue weighted by molar-refractivity contribution is -0.137. The number of ether oxygens (including phenoxy) is 2. The SMILES string of the molecule is COc1cccc(OC)c1-c1cc(C(=O)N[C@@H](CCN2CCCC(F)(F)C2)CC(=O)O)nn1-c1ccccn1. The van der Waals surface area contributed by atoms with E-state index in [9.17, 15) is 23.5 Å². The highest BCUT2D eigenvalue weighted by atomic mass is 19.3. The van der Waals surface area contributed by atoms with E-state index in [-0.39, 0.29) is 38.0 Å². The number of methoxy groups -OCH3 is 2. The van der Waals surface area contributed by atoms with Gasteiger partial charge in [0.1, 0.15) is 11.5 Å². The number of carbonyl (C=O) groups excluding carboxylic acids is 1. The van der Waals surface area contributed by atoms with Crippen LogP contribution in [0.5, 0.6) is 11.5 Å². The average molecular weight is 544 g/mol. The number of aromatic nitrogens is 3. The molecule has 4 rings (SSSR count). The molecule has 1 atom stereocenters. The molecule has 12 heteroatoms. The number of pyridine rings is 1. The highest BCUT2D eigenvalue weighted by Crippen LogP contribution is 2.39. The maximum atomic E-state index is 13.8. The Morgan fingerprint density at radius 2 is 1.90 bits per heavy atom. The van der Waals surface area contributed by atoms with E-state index in [0.29, 0.717) is 41.5 Å². The molecule has 0 saturated carbocycles. The van der Waals surface area contributed by atoms with Gasteiger partial charge in [0, 0.05) is 25.2 Å². The summed E-state index contributed by atoms with van der Waals surface area (Å²) in [6.07, 6.45) is 1.64. The van der Waals surface area contributed by atoms with Gasteiger partial charge in [-0.3, -0.25) is 14.5 Å². The Bertz CT molecular complexity index is 1280. The van der Waals surface area contributed by atoms with Crippen molar-refractivity contribution in [3.05, 3.63) is 54.4 Å². The second-order valence-corrected chi connectivity index (χ2v) is 9.34. The summed E-state index contributed by atoms with van der Waals surface area (Å²) in [6.45, 7) is 0.362. The van der Waals surface area contributed by atoms with Crippen LogP contribution in [0.15, 0.2) is 48.7 Å². The van der Waals surface area contributed by atoms with Crippen molar-refractivity contribution in [3.8, 4) is 28.6 Å². The fourth-order valence-electron chi connectivity index (χ4n) is 4.70. The first-order chi connectivity index (χ1) is 18.7. The molecule has 2 aromatic heterocycles. The molecular formula is C27H31F2N5O5. The number of carboxylic acids is 1. The van der Waals surface area contributed by atoms with Crippen molar-refractivity contribution in [2.75, 3.05) is 33.9 Å². The average Bonchev–Trinajstić information content (AvgIpc) is 3.36. The van der Waals surface area contributed by atoms with Crippen LogP contribution >= 0.6 is 0 Å². The van der Waals surface area contributed by atoms with Crippen molar-refractivity contribution >= 4 is 11.9 Å². The Kier molecular flexibility index (Phi) is 8.75. The molecule has 39 heavy (non-hydrogen) atoms. The van der Waals surface area contributed by atoms with Gasteiger partial charge in [-0.25, -0.2) is 18.4 Å². The van der Waals surface area contributed by atoms with Crippen LogP contribution in [0.4, 0.5) is 8.78 Å². The van der Waals surface area contributed by atoms with Gasteiger partial charge in [-0.05, 0) is 49.7 Å². The zero-order valence-corrected chi connectivity index (χ0v) is 21.8. The lowest BCUT2D eigenvalue weighted by atomic mass is 10.1. The number of likely N-dealkylation sites (tertiary alicyclic amines) is 1. The van der Waals surface area contributed by atoms with Crippen molar-refractivity contribution in [1.29, 1.82) is 0 Å². The zero-order chi connectivity index (χ0) is 28.0. The summed E-state index contributed by atoms with van der Waals surface area (Å²) in [6, 6.07) is 11.3. The van der Waals surface area contributed by atoms with Crippen molar-refractivity contribution < 1.29 is 33.0 Å². The number of amides is 1. The summed E-state index contributed by atoms with van der Waals surface area (Å²) in [7, 11) is 3.03. The third-order valence-electron chi connectivity index (χ3n) is 6.51. The third kappa shape index (κ3) is 6.88. The molecule has 10 nitrogen and oxygen atoms in total. The fourth-order valence-corrected chi connectivity index (χ4v) is 4.70. The van der Waals surface area contributed by atoms with Gasteiger partial charge >= 0.3 is 5.97 Å². The number of aliphatic carboxylic acids is 1. The molecule has 1 aliphatic heterocycles. The van der Waals surface area contributed by atoms with Gasteiger partial charge in [-0.2, -0.15) is 5.10 Å². The number of carbonyl (C=O) groups is 2. The van der Waals surface area contributed by atoms with Crippen LogP contribution in [-0.4, -0.2) is 82.5 Å². The van der Waals surface area contributed by atoms with Crippen LogP contribution in [0, 0.1) is 0 Å². The van der Waals surface area contributed by atoms with Crippen LogP contribution in [0.2, 0.25) is 0 Å². The molecule has 0 aliphatic carbocycles. The topological polar surface area (TPSA) is 119 Å². The second-order valence-electron chi connectivity index (χ2n) is 9.34. The molecular weight excluding hydrogens is 512 g/mol. The van der Waals surface area contributed by atoms with Gasteiger partial charge in [0.25, 0.3) is 11.8 Å². The predicted molar refractivity (Wildman–Crippen MR) is 139 cm³/mol. The molecule has 3 aromatic rings. The van der Waals surface area contributed by atoms with E-state index in [0.717, 1.165) is 0 Å². The molecule has 2 N–H and O–H groups in total. The first-order valence-electron chi connectivity index (χ1n) is 12.6. The van der Waals surface area contributed by atoms with E-state index < -0.39 is 23.8 Å². The van der Waals surface area contributed by atoms with E-state index in [4.69, 9.17) is 9.47 Å². The van der Waals surface area contributed by atoms with Crippen LogP contribution in [-0.2, 0) is 4.79 Å². The summed E-state index contributed by atoms with van der Waals surface area (Å²) >= 11 is 0. The number of rotatable bonds is 11. The maximum absolute atomic E-state index is 13.8. The van der Waals surface area contributed by atoms with Gasteiger partial charge in [0.2, 0.25) is 0 Å². The quantitative estimate of drug-likeness (QED) is 0.376. The van der Waals surface area contributed by atoms with Crippen LogP contribution < -0.4 is 14.8 Å². The fraction of sp³-hybridized carbons (Fsp3) is 0.407. The molecule has 0 spiro atoms. The number of benzene rings is 1. The molecule has 1 aliphatic rings. The molecule has 0 radical (unpaired) electrons. The molecule has 0 bridgehead atoms. The Morgan fingerprint density at radius 3 is 2.51 bits per heavy atom. The molecule has 1 amide bonds. The van der Waals surface area contributed by atoms with E-state index >= 15 is 0 Å². The second kappa shape index (κ2) is 12.2. The van der Waals surface area contributed by atoms with Crippen molar-refractivity contribution in [2.45, 2.75) is 37.6 Å². The smallest absolute Gasteiger partial charge is 0.305 e. The highest BCUT2D eigenvalue weighted by molar-refractivity contribution is 5.94. The van der Waals surface area contributed by atoms with Gasteiger partial charge in [0.05, 0.1) is 38.4 Å². The number of piperidine rings is 1. The van der Waals surface area contributed by atoms with E-state index in [1.165, 1.54) is 18.9 Å². The summed E-state index contributed by atoms with van der Waals surface area (Å²) in [5.74, 6) is -3.07. The van der Waals surface area contributed by atoms with E-state index in [1.807, 2.05) is 0 Å². The first-order valence-corrected chi connectivity index (χ1v) is 12.6. The maximum Gasteiger partial charge on any atom is 0.305 e. The largest absolute Gasteiger partial charge is 0.496 e. The Hall–Kier alpha value is -4.06. The van der Waals surface area contributed by atoms with Gasteiger partial charge < -0.3 is 19.9 Å². The lowest BCUT2D eigenvalue weighted by Crippen LogP contribution is -2.45. The highest BCUT2D eigenvalue weighted by Gasteiger charge is 2.35. The number of nitrogens with zero attached hydrogens (tertiary/aromatic N) is 4. The summed E-state index contributed by atoms with van der Waals surface area (Å²) in [5, 5.41) is 16.6. The van der Waals surface area contributed by atoms with Gasteiger partial charge in [0.15, 0.2) is 11.5 Å². The monoisotopic (exact) mass is 543 g/mol. The summed E-state index contributed by atoms with van der Waals surface area (Å²) < 4.78 is 40.2. The minimum absolute atomic E-state index is 0.0171.